The molecule has 0 saturated heterocycles. The van der Waals surface area contributed by atoms with Crippen LogP contribution in [-0.2, 0) is 5.54 Å². The Balaban J connectivity index is 2.28. The summed E-state index contributed by atoms with van der Waals surface area (Å²) in [5, 5.41) is 21.9. The SMILES string of the molecule is CC(CO)(NC(=O)c1ccc(F)cc1O)c1ccccc1. The molecule has 0 saturated carbocycles. The van der Waals surface area contributed by atoms with E-state index in [1.54, 1.807) is 31.2 Å². The first-order valence-corrected chi connectivity index (χ1v) is 6.44. The lowest BCUT2D eigenvalue weighted by atomic mass is 9.92. The monoisotopic (exact) mass is 289 g/mol. The smallest absolute Gasteiger partial charge is 0.255 e. The van der Waals surface area contributed by atoms with Gasteiger partial charge in [-0.15, -0.1) is 0 Å². The topological polar surface area (TPSA) is 69.6 Å². The van der Waals surface area contributed by atoms with Crippen LogP contribution >= 0.6 is 0 Å². The largest absolute Gasteiger partial charge is 0.507 e. The van der Waals surface area contributed by atoms with Crippen LogP contribution in [0.3, 0.4) is 0 Å². The van der Waals surface area contributed by atoms with Crippen molar-refractivity contribution in [3.05, 3.63) is 65.5 Å². The van der Waals surface area contributed by atoms with Gasteiger partial charge in [0.15, 0.2) is 0 Å². The summed E-state index contributed by atoms with van der Waals surface area (Å²) in [5.41, 5.74) is -0.325. The van der Waals surface area contributed by atoms with Gasteiger partial charge in [-0.05, 0) is 24.6 Å². The molecule has 4 nitrogen and oxygen atoms in total. The summed E-state index contributed by atoms with van der Waals surface area (Å²) < 4.78 is 12.9. The molecule has 2 aromatic carbocycles. The Morgan fingerprint density at radius 2 is 1.90 bits per heavy atom. The fourth-order valence-electron chi connectivity index (χ4n) is 2.02. The van der Waals surface area contributed by atoms with Crippen molar-refractivity contribution < 1.29 is 19.4 Å². The Kier molecular flexibility index (Phi) is 4.23. The molecule has 1 amide bonds. The maximum atomic E-state index is 12.9. The average Bonchev–Trinajstić information content (AvgIpc) is 2.47. The molecule has 5 heteroatoms. The molecular weight excluding hydrogens is 273 g/mol. The lowest BCUT2D eigenvalue weighted by Gasteiger charge is -2.29. The molecule has 2 rings (SSSR count). The van der Waals surface area contributed by atoms with Gasteiger partial charge in [-0.3, -0.25) is 4.79 Å². The molecule has 0 bridgehead atoms. The molecule has 0 heterocycles. The summed E-state index contributed by atoms with van der Waals surface area (Å²) in [5.74, 6) is -1.66. The van der Waals surface area contributed by atoms with Crippen molar-refractivity contribution >= 4 is 5.91 Å². The minimum absolute atomic E-state index is 0.0491. The number of nitrogens with one attached hydrogen (secondary N) is 1. The number of aromatic hydroxyl groups is 1. The number of benzene rings is 2. The highest BCUT2D eigenvalue weighted by Crippen LogP contribution is 2.23. The number of phenolic OH excluding ortho intramolecular Hbond substituents is 1. The molecule has 0 aliphatic rings. The second-order valence-electron chi connectivity index (χ2n) is 4.97. The molecule has 0 spiro atoms. The van der Waals surface area contributed by atoms with Crippen molar-refractivity contribution in [3.8, 4) is 5.75 Å². The number of carbonyl (C=O) groups is 1. The first kappa shape index (κ1) is 15.0. The van der Waals surface area contributed by atoms with E-state index in [0.717, 1.165) is 17.7 Å². The fourth-order valence-corrected chi connectivity index (χ4v) is 2.02. The number of amides is 1. The third kappa shape index (κ3) is 3.20. The predicted molar refractivity (Wildman–Crippen MR) is 76.4 cm³/mol. The number of hydrogen-bond acceptors (Lipinski definition) is 3. The van der Waals surface area contributed by atoms with E-state index >= 15 is 0 Å². The molecule has 0 radical (unpaired) electrons. The number of aliphatic hydroxyl groups is 1. The summed E-state index contributed by atoms with van der Waals surface area (Å²) in [6, 6.07) is 12.1. The highest BCUT2D eigenvalue weighted by atomic mass is 19.1. The van der Waals surface area contributed by atoms with Crippen LogP contribution in [0.4, 0.5) is 4.39 Å². The number of halogens is 1. The summed E-state index contributed by atoms with van der Waals surface area (Å²) >= 11 is 0. The number of hydrogen-bond donors (Lipinski definition) is 3. The van der Waals surface area contributed by atoms with Crippen LogP contribution in [0.5, 0.6) is 5.75 Å². The van der Waals surface area contributed by atoms with E-state index in [-0.39, 0.29) is 12.2 Å². The summed E-state index contributed by atoms with van der Waals surface area (Å²) in [7, 11) is 0. The van der Waals surface area contributed by atoms with Crippen LogP contribution in [0.25, 0.3) is 0 Å². The van der Waals surface area contributed by atoms with Crippen molar-refractivity contribution in [2.24, 2.45) is 0 Å². The van der Waals surface area contributed by atoms with E-state index in [9.17, 15) is 19.4 Å². The lowest BCUT2D eigenvalue weighted by molar-refractivity contribution is 0.0847. The Labute approximate surface area is 121 Å². The Hall–Kier alpha value is -2.40. The Morgan fingerprint density at radius 1 is 1.24 bits per heavy atom. The third-order valence-corrected chi connectivity index (χ3v) is 3.32. The normalized spacial score (nSPS) is 13.5. The Bertz CT molecular complexity index is 645. The quantitative estimate of drug-likeness (QED) is 0.808. The van der Waals surface area contributed by atoms with E-state index in [0.29, 0.717) is 0 Å². The van der Waals surface area contributed by atoms with Gasteiger partial charge < -0.3 is 15.5 Å². The van der Waals surface area contributed by atoms with Gasteiger partial charge in [-0.1, -0.05) is 30.3 Å². The molecule has 0 fully saturated rings. The molecule has 3 N–H and O–H groups in total. The number of rotatable bonds is 4. The van der Waals surface area contributed by atoms with Crippen molar-refractivity contribution in [2.45, 2.75) is 12.5 Å². The summed E-state index contributed by atoms with van der Waals surface area (Å²) in [4.78, 5) is 12.2. The van der Waals surface area contributed by atoms with Gasteiger partial charge in [0.25, 0.3) is 5.91 Å². The van der Waals surface area contributed by atoms with Gasteiger partial charge in [0.1, 0.15) is 11.6 Å². The second kappa shape index (κ2) is 5.93. The molecule has 2 aromatic rings. The highest BCUT2D eigenvalue weighted by molar-refractivity contribution is 5.97. The van der Waals surface area contributed by atoms with Crippen molar-refractivity contribution in [1.82, 2.24) is 5.32 Å². The molecule has 0 aliphatic carbocycles. The van der Waals surface area contributed by atoms with E-state index in [4.69, 9.17) is 0 Å². The van der Waals surface area contributed by atoms with Crippen LogP contribution in [0.1, 0.15) is 22.8 Å². The lowest BCUT2D eigenvalue weighted by Crippen LogP contribution is -2.46. The Morgan fingerprint density at radius 3 is 2.48 bits per heavy atom. The summed E-state index contributed by atoms with van der Waals surface area (Å²) in [6.45, 7) is 1.35. The zero-order chi connectivity index (χ0) is 15.5. The highest BCUT2D eigenvalue weighted by Gasteiger charge is 2.29. The average molecular weight is 289 g/mol. The maximum Gasteiger partial charge on any atom is 0.255 e. The van der Waals surface area contributed by atoms with Crippen molar-refractivity contribution in [3.63, 3.8) is 0 Å². The standard InChI is InChI=1S/C16H16FNO3/c1-16(10-19,11-5-3-2-4-6-11)18-15(21)13-8-7-12(17)9-14(13)20/h2-9,19-20H,10H2,1H3,(H,18,21). The fraction of sp³-hybridized carbons (Fsp3) is 0.188. The molecule has 110 valence electrons. The minimum atomic E-state index is -1.00. The number of carbonyl (C=O) groups excluding carboxylic acids is 1. The van der Waals surface area contributed by atoms with E-state index < -0.39 is 23.0 Å². The zero-order valence-electron chi connectivity index (χ0n) is 11.5. The van der Waals surface area contributed by atoms with Gasteiger partial charge in [-0.2, -0.15) is 0 Å². The van der Waals surface area contributed by atoms with E-state index in [1.165, 1.54) is 6.07 Å². The number of phenols is 1. The summed E-state index contributed by atoms with van der Waals surface area (Å²) in [6.07, 6.45) is 0. The third-order valence-electron chi connectivity index (χ3n) is 3.32. The van der Waals surface area contributed by atoms with Gasteiger partial charge in [0.2, 0.25) is 0 Å². The van der Waals surface area contributed by atoms with Gasteiger partial charge in [-0.25, -0.2) is 4.39 Å². The molecule has 0 aromatic heterocycles. The minimum Gasteiger partial charge on any atom is -0.507 e. The maximum absolute atomic E-state index is 12.9. The van der Waals surface area contributed by atoms with Gasteiger partial charge >= 0.3 is 0 Å². The van der Waals surface area contributed by atoms with Crippen LogP contribution in [0, 0.1) is 5.82 Å². The van der Waals surface area contributed by atoms with E-state index in [1.807, 2.05) is 6.07 Å². The molecule has 0 aliphatic heterocycles. The molecule has 1 atom stereocenters. The van der Waals surface area contributed by atoms with E-state index in [2.05, 4.69) is 5.32 Å². The van der Waals surface area contributed by atoms with Crippen molar-refractivity contribution in [2.75, 3.05) is 6.61 Å². The predicted octanol–water partition coefficient (Wildman–Crippen LogP) is 2.17. The van der Waals surface area contributed by atoms with Crippen molar-refractivity contribution in [1.29, 1.82) is 0 Å². The van der Waals surface area contributed by atoms with Crippen LogP contribution in [0.2, 0.25) is 0 Å². The van der Waals surface area contributed by atoms with Crippen LogP contribution in [0.15, 0.2) is 48.5 Å². The van der Waals surface area contributed by atoms with Gasteiger partial charge in [0.05, 0.1) is 17.7 Å². The number of aliphatic hydroxyl groups excluding tert-OH is 1. The molecular formula is C16H16FNO3. The molecule has 1 unspecified atom stereocenters. The second-order valence-corrected chi connectivity index (χ2v) is 4.97. The van der Waals surface area contributed by atoms with Crippen LogP contribution in [-0.4, -0.2) is 22.7 Å². The van der Waals surface area contributed by atoms with Crippen LogP contribution < -0.4 is 5.32 Å². The zero-order valence-corrected chi connectivity index (χ0v) is 11.5. The first-order chi connectivity index (χ1) is 9.96. The van der Waals surface area contributed by atoms with Gasteiger partial charge in [0, 0.05) is 6.07 Å². The molecule has 21 heavy (non-hydrogen) atoms. The first-order valence-electron chi connectivity index (χ1n) is 6.44.